The first-order valence-corrected chi connectivity index (χ1v) is 3.50. The molecule has 0 aliphatic heterocycles. The van der Waals surface area contributed by atoms with Gasteiger partial charge in [-0.1, -0.05) is 12.1 Å². The summed E-state index contributed by atoms with van der Waals surface area (Å²) in [6, 6.07) is 7.09. The maximum absolute atomic E-state index is 6.93. The minimum atomic E-state index is -0.0155. The van der Waals surface area contributed by atoms with Gasteiger partial charge in [0.1, 0.15) is 18.2 Å². The van der Waals surface area contributed by atoms with Gasteiger partial charge in [0.05, 0.1) is 5.69 Å². The molecule has 1 aromatic carbocycles. The van der Waals surface area contributed by atoms with E-state index in [9.17, 15) is 0 Å². The number of nitrogen functional groups attached to an aromatic ring is 1. The molecule has 0 saturated carbocycles. The van der Waals surface area contributed by atoms with E-state index < -0.39 is 0 Å². The Bertz CT molecular complexity index is 285. The zero-order valence-corrected chi connectivity index (χ0v) is 6.58. The van der Waals surface area contributed by atoms with Gasteiger partial charge in [-0.2, -0.15) is 0 Å². The van der Waals surface area contributed by atoms with E-state index in [0.717, 1.165) is 0 Å². The lowest BCUT2D eigenvalue weighted by Gasteiger charge is -2.06. The lowest BCUT2D eigenvalue weighted by molar-refractivity contribution is 0.376. The average Bonchev–Trinajstić information content (AvgIpc) is 2.03. The van der Waals surface area contributed by atoms with Crippen molar-refractivity contribution in [2.45, 2.75) is 0 Å². The topological polar surface area (TPSA) is 85.1 Å². The van der Waals surface area contributed by atoms with E-state index in [1.165, 1.54) is 0 Å². The second-order valence-electron chi connectivity index (χ2n) is 2.35. The monoisotopic (exact) mass is 165 g/mol. The molecule has 5 N–H and O–H groups in total. The molecule has 1 aromatic rings. The van der Waals surface area contributed by atoms with Gasteiger partial charge >= 0.3 is 0 Å². The van der Waals surface area contributed by atoms with Gasteiger partial charge in [0.2, 0.25) is 0 Å². The van der Waals surface area contributed by atoms with Crippen LogP contribution in [0.4, 0.5) is 5.69 Å². The number of nitrogens with two attached hydrogens (primary N) is 2. The van der Waals surface area contributed by atoms with Crippen molar-refractivity contribution < 1.29 is 4.74 Å². The Kier molecular flexibility index (Phi) is 2.53. The summed E-state index contributed by atoms with van der Waals surface area (Å²) in [5, 5.41) is 6.93. The summed E-state index contributed by atoms with van der Waals surface area (Å²) in [6.45, 7) is 0.0776. The number of benzene rings is 1. The molecule has 0 atom stereocenters. The van der Waals surface area contributed by atoms with Crippen LogP contribution < -0.4 is 16.2 Å². The molecule has 0 spiro atoms. The van der Waals surface area contributed by atoms with E-state index in [2.05, 4.69) is 0 Å². The largest absolute Gasteiger partial charge is 0.484 e. The second kappa shape index (κ2) is 3.61. The molecule has 0 amide bonds. The first-order valence-electron chi connectivity index (χ1n) is 3.50. The Morgan fingerprint density at radius 3 is 2.67 bits per heavy atom. The van der Waals surface area contributed by atoms with E-state index in [1.54, 1.807) is 12.1 Å². The van der Waals surface area contributed by atoms with Crippen molar-refractivity contribution in [3.05, 3.63) is 24.3 Å². The van der Waals surface area contributed by atoms with Gasteiger partial charge in [0, 0.05) is 0 Å². The lowest BCUT2D eigenvalue weighted by Crippen LogP contribution is -2.19. The number of nitrogens with one attached hydrogen (secondary N) is 1. The summed E-state index contributed by atoms with van der Waals surface area (Å²) in [4.78, 5) is 0. The number of anilines is 1. The Labute approximate surface area is 70.6 Å². The van der Waals surface area contributed by atoms with E-state index in [0.29, 0.717) is 11.4 Å². The summed E-state index contributed by atoms with van der Waals surface area (Å²) in [6.07, 6.45) is 0. The Balaban J connectivity index is 2.63. The maximum Gasteiger partial charge on any atom is 0.145 e. The number of amidine groups is 1. The van der Waals surface area contributed by atoms with Crippen LogP contribution in [0.2, 0.25) is 0 Å². The summed E-state index contributed by atoms with van der Waals surface area (Å²) in [5.74, 6) is 0.547. The van der Waals surface area contributed by atoms with Crippen LogP contribution in [0, 0.1) is 5.41 Å². The standard InChI is InChI=1S/C8H11N3O/c9-6-3-1-2-4-7(6)12-5-8(10)11/h1-4H,5,9H2,(H3,10,11). The third kappa shape index (κ3) is 2.16. The highest BCUT2D eigenvalue weighted by molar-refractivity contribution is 5.78. The van der Waals surface area contributed by atoms with E-state index in [1.807, 2.05) is 12.1 Å². The van der Waals surface area contributed by atoms with Crippen LogP contribution in [0.5, 0.6) is 5.75 Å². The fourth-order valence-electron chi connectivity index (χ4n) is 0.767. The Morgan fingerprint density at radius 2 is 2.08 bits per heavy atom. The molecule has 4 nitrogen and oxygen atoms in total. The van der Waals surface area contributed by atoms with Gasteiger partial charge in [-0.25, -0.2) is 0 Å². The molecule has 0 bridgehead atoms. The van der Waals surface area contributed by atoms with Crippen molar-refractivity contribution in [2.24, 2.45) is 5.73 Å². The predicted molar refractivity (Wildman–Crippen MR) is 48.3 cm³/mol. The molecule has 0 aliphatic rings. The smallest absolute Gasteiger partial charge is 0.145 e. The van der Waals surface area contributed by atoms with Crippen LogP contribution in [-0.2, 0) is 0 Å². The van der Waals surface area contributed by atoms with Crippen LogP contribution in [0.15, 0.2) is 24.3 Å². The normalized spacial score (nSPS) is 9.33. The zero-order valence-electron chi connectivity index (χ0n) is 6.58. The van der Waals surface area contributed by atoms with Crippen LogP contribution in [-0.4, -0.2) is 12.4 Å². The third-order valence-corrected chi connectivity index (χ3v) is 1.30. The molecule has 0 radical (unpaired) electrons. The molecule has 4 heteroatoms. The molecule has 0 aromatic heterocycles. The van der Waals surface area contributed by atoms with Gasteiger partial charge in [-0.05, 0) is 12.1 Å². The van der Waals surface area contributed by atoms with Crippen molar-refractivity contribution >= 4 is 11.5 Å². The third-order valence-electron chi connectivity index (χ3n) is 1.30. The first kappa shape index (κ1) is 8.39. The first-order chi connectivity index (χ1) is 5.70. The van der Waals surface area contributed by atoms with E-state index >= 15 is 0 Å². The number of hydrogen-bond donors (Lipinski definition) is 3. The molecule has 0 fully saturated rings. The van der Waals surface area contributed by atoms with E-state index in [4.69, 9.17) is 21.6 Å². The molecule has 0 heterocycles. The summed E-state index contributed by atoms with van der Waals surface area (Å²) in [5.41, 5.74) is 11.2. The number of rotatable bonds is 3. The summed E-state index contributed by atoms with van der Waals surface area (Å²) in [7, 11) is 0. The van der Waals surface area contributed by atoms with Crippen molar-refractivity contribution in [1.29, 1.82) is 5.41 Å². The lowest BCUT2D eigenvalue weighted by atomic mass is 10.3. The molecule has 0 unspecified atom stereocenters. The highest BCUT2D eigenvalue weighted by Gasteiger charge is 1.97. The number of ether oxygens (including phenoxy) is 1. The quantitative estimate of drug-likeness (QED) is 0.348. The number of hydrogen-bond acceptors (Lipinski definition) is 3. The van der Waals surface area contributed by atoms with Crippen molar-refractivity contribution in [3.8, 4) is 5.75 Å². The Morgan fingerprint density at radius 1 is 1.42 bits per heavy atom. The van der Waals surface area contributed by atoms with Crippen LogP contribution in [0.3, 0.4) is 0 Å². The predicted octanol–water partition coefficient (Wildman–Crippen LogP) is 0.584. The number of para-hydroxylation sites is 2. The van der Waals surface area contributed by atoms with Gasteiger partial charge in [0.25, 0.3) is 0 Å². The van der Waals surface area contributed by atoms with Crippen LogP contribution >= 0.6 is 0 Å². The molecule has 0 saturated heterocycles. The van der Waals surface area contributed by atoms with E-state index in [-0.39, 0.29) is 12.4 Å². The van der Waals surface area contributed by atoms with Crippen molar-refractivity contribution in [3.63, 3.8) is 0 Å². The highest BCUT2D eigenvalue weighted by Crippen LogP contribution is 2.19. The van der Waals surface area contributed by atoms with Gasteiger partial charge in [-0.3, -0.25) is 5.41 Å². The Hall–Kier alpha value is -1.71. The maximum atomic E-state index is 6.93. The molecule has 0 aliphatic carbocycles. The molecule has 64 valence electrons. The fourth-order valence-corrected chi connectivity index (χ4v) is 0.767. The zero-order chi connectivity index (χ0) is 8.97. The molecular formula is C8H11N3O. The summed E-state index contributed by atoms with van der Waals surface area (Å²) < 4.78 is 5.12. The second-order valence-corrected chi connectivity index (χ2v) is 2.35. The van der Waals surface area contributed by atoms with Crippen LogP contribution in [0.1, 0.15) is 0 Å². The average molecular weight is 165 g/mol. The fraction of sp³-hybridized carbons (Fsp3) is 0.125. The molecule has 12 heavy (non-hydrogen) atoms. The SMILES string of the molecule is N=C(N)COc1ccccc1N. The van der Waals surface area contributed by atoms with Gasteiger partial charge < -0.3 is 16.2 Å². The summed E-state index contributed by atoms with van der Waals surface area (Å²) >= 11 is 0. The van der Waals surface area contributed by atoms with Crippen LogP contribution in [0.25, 0.3) is 0 Å². The van der Waals surface area contributed by atoms with Crippen molar-refractivity contribution in [2.75, 3.05) is 12.3 Å². The van der Waals surface area contributed by atoms with Gasteiger partial charge in [0.15, 0.2) is 0 Å². The molecular weight excluding hydrogens is 154 g/mol. The van der Waals surface area contributed by atoms with Gasteiger partial charge in [-0.15, -0.1) is 0 Å². The molecule has 1 rings (SSSR count). The minimum absolute atomic E-state index is 0.0155. The van der Waals surface area contributed by atoms with Crippen molar-refractivity contribution in [1.82, 2.24) is 0 Å². The minimum Gasteiger partial charge on any atom is -0.484 e. The highest BCUT2D eigenvalue weighted by atomic mass is 16.5.